The summed E-state index contributed by atoms with van der Waals surface area (Å²) in [5.74, 6) is 0.602. The molecular formula is C12H25NO2. The molecule has 1 aliphatic rings. The van der Waals surface area contributed by atoms with E-state index in [4.69, 9.17) is 4.74 Å². The van der Waals surface area contributed by atoms with E-state index in [9.17, 15) is 5.11 Å². The molecule has 3 heteroatoms. The lowest BCUT2D eigenvalue weighted by Crippen LogP contribution is -2.43. The fraction of sp³-hybridized carbons (Fsp3) is 1.00. The van der Waals surface area contributed by atoms with Gasteiger partial charge in [0, 0.05) is 19.2 Å². The third-order valence-corrected chi connectivity index (χ3v) is 2.83. The monoisotopic (exact) mass is 215 g/mol. The largest absolute Gasteiger partial charge is 0.392 e. The molecule has 0 amide bonds. The van der Waals surface area contributed by atoms with E-state index >= 15 is 0 Å². The summed E-state index contributed by atoms with van der Waals surface area (Å²) in [6.07, 6.45) is 4.31. The summed E-state index contributed by atoms with van der Waals surface area (Å²) >= 11 is 0. The van der Waals surface area contributed by atoms with Crippen molar-refractivity contribution in [2.75, 3.05) is 19.8 Å². The standard InChI is InChI=1S/C12H25NO2/c1-10(2)9-15-8-7-13-11-5-3-4-6-12(11)14/h10-14H,3-9H2,1-2H3. The van der Waals surface area contributed by atoms with Crippen LogP contribution in [0.1, 0.15) is 39.5 Å². The number of nitrogens with one attached hydrogen (secondary N) is 1. The molecule has 0 aromatic carbocycles. The molecule has 2 N–H and O–H groups in total. The maximum atomic E-state index is 9.71. The average Bonchev–Trinajstić information content (AvgIpc) is 2.20. The first-order chi connectivity index (χ1) is 7.20. The van der Waals surface area contributed by atoms with Crippen LogP contribution in [-0.2, 0) is 4.74 Å². The summed E-state index contributed by atoms with van der Waals surface area (Å²) in [5.41, 5.74) is 0. The lowest BCUT2D eigenvalue weighted by molar-refractivity contribution is 0.0753. The van der Waals surface area contributed by atoms with E-state index in [1.807, 2.05) is 0 Å². The predicted octanol–water partition coefficient (Wildman–Crippen LogP) is 1.55. The molecule has 0 heterocycles. The van der Waals surface area contributed by atoms with Crippen molar-refractivity contribution in [2.24, 2.45) is 5.92 Å². The summed E-state index contributed by atoms with van der Waals surface area (Å²) in [6, 6.07) is 0.293. The first kappa shape index (κ1) is 12.9. The molecule has 1 rings (SSSR count). The van der Waals surface area contributed by atoms with Crippen molar-refractivity contribution in [3.05, 3.63) is 0 Å². The zero-order valence-corrected chi connectivity index (χ0v) is 10.0. The summed E-state index contributed by atoms with van der Waals surface area (Å²) in [7, 11) is 0. The molecule has 90 valence electrons. The first-order valence-electron chi connectivity index (χ1n) is 6.19. The van der Waals surface area contributed by atoms with Gasteiger partial charge >= 0.3 is 0 Å². The van der Waals surface area contributed by atoms with E-state index in [2.05, 4.69) is 19.2 Å². The molecule has 0 aliphatic heterocycles. The Labute approximate surface area is 93.2 Å². The molecule has 0 saturated heterocycles. The van der Waals surface area contributed by atoms with Crippen molar-refractivity contribution in [3.63, 3.8) is 0 Å². The van der Waals surface area contributed by atoms with Gasteiger partial charge in [0.25, 0.3) is 0 Å². The van der Waals surface area contributed by atoms with Gasteiger partial charge in [-0.3, -0.25) is 0 Å². The van der Waals surface area contributed by atoms with Crippen molar-refractivity contribution < 1.29 is 9.84 Å². The van der Waals surface area contributed by atoms with Gasteiger partial charge in [-0.15, -0.1) is 0 Å². The van der Waals surface area contributed by atoms with Crippen LogP contribution < -0.4 is 5.32 Å². The van der Waals surface area contributed by atoms with Gasteiger partial charge in [0.15, 0.2) is 0 Å². The van der Waals surface area contributed by atoms with Crippen molar-refractivity contribution in [3.8, 4) is 0 Å². The van der Waals surface area contributed by atoms with Crippen molar-refractivity contribution in [1.82, 2.24) is 5.32 Å². The highest BCUT2D eigenvalue weighted by Crippen LogP contribution is 2.17. The van der Waals surface area contributed by atoms with Gasteiger partial charge in [-0.25, -0.2) is 0 Å². The fourth-order valence-electron chi connectivity index (χ4n) is 1.98. The van der Waals surface area contributed by atoms with Crippen LogP contribution in [-0.4, -0.2) is 37.0 Å². The average molecular weight is 215 g/mol. The first-order valence-corrected chi connectivity index (χ1v) is 6.19. The summed E-state index contributed by atoms with van der Waals surface area (Å²) < 4.78 is 5.48. The Hall–Kier alpha value is -0.120. The van der Waals surface area contributed by atoms with E-state index in [1.165, 1.54) is 12.8 Å². The molecule has 15 heavy (non-hydrogen) atoms. The minimum atomic E-state index is -0.149. The van der Waals surface area contributed by atoms with E-state index in [0.29, 0.717) is 12.0 Å². The Bertz CT molecular complexity index is 162. The zero-order valence-electron chi connectivity index (χ0n) is 10.0. The van der Waals surface area contributed by atoms with E-state index in [0.717, 1.165) is 32.6 Å². The van der Waals surface area contributed by atoms with Crippen molar-refractivity contribution in [2.45, 2.75) is 51.7 Å². The maximum Gasteiger partial charge on any atom is 0.0693 e. The SMILES string of the molecule is CC(C)COCCNC1CCCCC1O. The third-order valence-electron chi connectivity index (χ3n) is 2.83. The summed E-state index contributed by atoms with van der Waals surface area (Å²) in [5, 5.41) is 13.1. The molecule has 2 atom stereocenters. The van der Waals surface area contributed by atoms with Gasteiger partial charge in [0.2, 0.25) is 0 Å². The van der Waals surface area contributed by atoms with Crippen LogP contribution in [0.15, 0.2) is 0 Å². The number of hydrogen-bond acceptors (Lipinski definition) is 3. The second-order valence-electron chi connectivity index (χ2n) is 4.88. The Balaban J connectivity index is 1.99. The maximum absolute atomic E-state index is 9.71. The van der Waals surface area contributed by atoms with Gasteiger partial charge in [-0.05, 0) is 18.8 Å². The number of ether oxygens (including phenoxy) is 1. The minimum Gasteiger partial charge on any atom is -0.392 e. The Kier molecular flexibility index (Phi) is 6.22. The topological polar surface area (TPSA) is 41.5 Å². The van der Waals surface area contributed by atoms with Crippen LogP contribution in [0.3, 0.4) is 0 Å². The fourth-order valence-corrected chi connectivity index (χ4v) is 1.98. The predicted molar refractivity (Wildman–Crippen MR) is 61.9 cm³/mol. The minimum absolute atomic E-state index is 0.149. The summed E-state index contributed by atoms with van der Waals surface area (Å²) in [4.78, 5) is 0. The van der Waals surface area contributed by atoms with E-state index < -0.39 is 0 Å². The van der Waals surface area contributed by atoms with Gasteiger partial charge in [-0.2, -0.15) is 0 Å². The smallest absolute Gasteiger partial charge is 0.0693 e. The van der Waals surface area contributed by atoms with Gasteiger partial charge in [0.1, 0.15) is 0 Å². The molecule has 0 aromatic rings. The Morgan fingerprint density at radius 2 is 2.07 bits per heavy atom. The number of aliphatic hydroxyl groups excluding tert-OH is 1. The second kappa shape index (κ2) is 7.20. The van der Waals surface area contributed by atoms with Crippen LogP contribution in [0.2, 0.25) is 0 Å². The van der Waals surface area contributed by atoms with Crippen LogP contribution in [0, 0.1) is 5.92 Å². The molecule has 0 spiro atoms. The molecule has 1 aliphatic carbocycles. The normalized spacial score (nSPS) is 27.2. The zero-order chi connectivity index (χ0) is 11.1. The highest BCUT2D eigenvalue weighted by Gasteiger charge is 2.21. The second-order valence-corrected chi connectivity index (χ2v) is 4.88. The quantitative estimate of drug-likeness (QED) is 0.661. The molecule has 3 nitrogen and oxygen atoms in total. The van der Waals surface area contributed by atoms with Gasteiger partial charge in [0.05, 0.1) is 12.7 Å². The molecule has 1 saturated carbocycles. The Morgan fingerprint density at radius 1 is 1.33 bits per heavy atom. The van der Waals surface area contributed by atoms with Crippen LogP contribution in [0.4, 0.5) is 0 Å². The molecule has 2 unspecified atom stereocenters. The van der Waals surface area contributed by atoms with E-state index in [1.54, 1.807) is 0 Å². The van der Waals surface area contributed by atoms with Crippen LogP contribution in [0.5, 0.6) is 0 Å². The number of aliphatic hydroxyl groups is 1. The van der Waals surface area contributed by atoms with E-state index in [-0.39, 0.29) is 6.10 Å². The van der Waals surface area contributed by atoms with Crippen molar-refractivity contribution >= 4 is 0 Å². The van der Waals surface area contributed by atoms with Crippen molar-refractivity contribution in [1.29, 1.82) is 0 Å². The molecular weight excluding hydrogens is 190 g/mol. The number of rotatable bonds is 6. The van der Waals surface area contributed by atoms with Gasteiger partial charge in [-0.1, -0.05) is 26.7 Å². The number of hydrogen-bond donors (Lipinski definition) is 2. The Morgan fingerprint density at radius 3 is 2.73 bits per heavy atom. The van der Waals surface area contributed by atoms with Crippen LogP contribution >= 0.6 is 0 Å². The lowest BCUT2D eigenvalue weighted by Gasteiger charge is -2.28. The molecule has 0 bridgehead atoms. The highest BCUT2D eigenvalue weighted by molar-refractivity contribution is 4.79. The molecule has 1 fully saturated rings. The lowest BCUT2D eigenvalue weighted by atomic mass is 9.93. The summed E-state index contributed by atoms with van der Waals surface area (Å²) in [6.45, 7) is 6.74. The highest BCUT2D eigenvalue weighted by atomic mass is 16.5. The van der Waals surface area contributed by atoms with Gasteiger partial charge < -0.3 is 15.2 Å². The third kappa shape index (κ3) is 5.50. The molecule has 0 aromatic heterocycles. The van der Waals surface area contributed by atoms with Crippen LogP contribution in [0.25, 0.3) is 0 Å². The molecule has 0 radical (unpaired) electrons.